The summed E-state index contributed by atoms with van der Waals surface area (Å²) in [7, 11) is -3.19. The summed E-state index contributed by atoms with van der Waals surface area (Å²) in [5.74, 6) is 2.74. The maximum absolute atomic E-state index is 12.0. The van der Waals surface area contributed by atoms with Crippen LogP contribution in [0.25, 0.3) is 0 Å². The normalized spacial score (nSPS) is 17.2. The summed E-state index contributed by atoms with van der Waals surface area (Å²) in [4.78, 5) is 0.941. The van der Waals surface area contributed by atoms with Crippen molar-refractivity contribution in [1.82, 2.24) is 4.72 Å². The molecule has 1 aromatic carbocycles. The molecule has 0 radical (unpaired) electrons. The van der Waals surface area contributed by atoms with Crippen LogP contribution in [-0.4, -0.2) is 37.5 Å². The summed E-state index contributed by atoms with van der Waals surface area (Å²) < 4.78 is 26.8. The number of benzene rings is 1. The lowest BCUT2D eigenvalue weighted by atomic mass is 10.2. The second-order valence-electron chi connectivity index (χ2n) is 4.71. The highest BCUT2D eigenvalue weighted by Gasteiger charge is 2.20. The molecule has 1 aliphatic rings. The molecule has 0 unspecified atom stereocenters. The number of nitrogens with two attached hydrogens (primary N) is 1. The third-order valence-electron chi connectivity index (χ3n) is 3.10. The van der Waals surface area contributed by atoms with Gasteiger partial charge < -0.3 is 5.73 Å². The third-order valence-corrected chi connectivity index (χ3v) is 6.93. The van der Waals surface area contributed by atoms with Gasteiger partial charge in [0.15, 0.2) is 0 Å². The van der Waals surface area contributed by atoms with Crippen LogP contribution in [0, 0.1) is 0 Å². The van der Waals surface area contributed by atoms with E-state index in [0.717, 1.165) is 29.2 Å². The van der Waals surface area contributed by atoms with Gasteiger partial charge in [-0.05, 0) is 36.5 Å². The summed E-state index contributed by atoms with van der Waals surface area (Å²) in [6.45, 7) is 0. The molecule has 4 nitrogen and oxygen atoms in total. The fourth-order valence-corrected chi connectivity index (χ4v) is 5.81. The lowest BCUT2D eigenvalue weighted by molar-refractivity contribution is 0.530. The molecule has 7 heteroatoms. The largest absolute Gasteiger partial charge is 0.398 e. The van der Waals surface area contributed by atoms with Crippen LogP contribution in [0.4, 0.5) is 5.69 Å². The quantitative estimate of drug-likeness (QED) is 0.617. The van der Waals surface area contributed by atoms with Gasteiger partial charge in [0.2, 0.25) is 10.0 Å². The number of thioether (sulfide) groups is 2. The van der Waals surface area contributed by atoms with Crippen molar-refractivity contribution >= 4 is 39.2 Å². The Morgan fingerprint density at radius 3 is 2.70 bits per heavy atom. The first-order chi connectivity index (χ1) is 9.57. The molecule has 1 saturated heterocycles. The van der Waals surface area contributed by atoms with Crippen LogP contribution >= 0.6 is 23.5 Å². The van der Waals surface area contributed by atoms with Gasteiger partial charge in [0.05, 0.1) is 5.75 Å². The molecule has 2 rings (SSSR count). The fourth-order valence-electron chi connectivity index (χ4n) is 2.00. The Kier molecular flexibility index (Phi) is 6.07. The van der Waals surface area contributed by atoms with E-state index in [-0.39, 0.29) is 11.8 Å². The van der Waals surface area contributed by atoms with Crippen LogP contribution in [0.5, 0.6) is 0 Å². The molecule has 0 spiro atoms. The van der Waals surface area contributed by atoms with Gasteiger partial charge in [-0.15, -0.1) is 11.8 Å². The Labute approximate surface area is 129 Å². The predicted molar refractivity (Wildman–Crippen MR) is 88.8 cm³/mol. The van der Waals surface area contributed by atoms with Crippen LogP contribution < -0.4 is 10.5 Å². The lowest BCUT2D eigenvalue weighted by Crippen LogP contribution is -2.39. The SMILES string of the molecule is Nc1ccccc1SCCS(=O)(=O)NC1CCSCC1. The van der Waals surface area contributed by atoms with Gasteiger partial charge in [-0.1, -0.05) is 12.1 Å². The zero-order valence-corrected chi connectivity index (χ0v) is 13.7. The highest BCUT2D eigenvalue weighted by Crippen LogP contribution is 2.24. The van der Waals surface area contributed by atoms with E-state index in [1.54, 1.807) is 0 Å². The zero-order valence-electron chi connectivity index (χ0n) is 11.2. The molecule has 0 saturated carbocycles. The summed E-state index contributed by atoms with van der Waals surface area (Å²) in [5.41, 5.74) is 6.53. The number of para-hydroxylation sites is 1. The smallest absolute Gasteiger partial charge is 0.212 e. The van der Waals surface area contributed by atoms with E-state index >= 15 is 0 Å². The molecule has 112 valence electrons. The highest BCUT2D eigenvalue weighted by atomic mass is 32.2. The molecule has 1 fully saturated rings. The Hall–Kier alpha value is -0.370. The predicted octanol–water partition coefficient (Wildman–Crippen LogP) is 2.18. The van der Waals surface area contributed by atoms with E-state index in [1.165, 1.54) is 11.8 Å². The van der Waals surface area contributed by atoms with E-state index in [1.807, 2.05) is 36.0 Å². The number of hydrogen-bond donors (Lipinski definition) is 2. The second kappa shape index (κ2) is 7.59. The summed E-state index contributed by atoms with van der Waals surface area (Å²) in [5, 5.41) is 0. The molecule has 0 aromatic heterocycles. The first-order valence-electron chi connectivity index (χ1n) is 6.62. The van der Waals surface area contributed by atoms with Crippen molar-refractivity contribution in [3.8, 4) is 0 Å². The zero-order chi connectivity index (χ0) is 14.4. The molecular formula is C13H20N2O2S3. The number of sulfonamides is 1. The number of anilines is 1. The van der Waals surface area contributed by atoms with E-state index in [9.17, 15) is 8.42 Å². The number of nitrogens with one attached hydrogen (secondary N) is 1. The highest BCUT2D eigenvalue weighted by molar-refractivity contribution is 8.00. The summed E-state index contributed by atoms with van der Waals surface area (Å²) in [6, 6.07) is 7.64. The second-order valence-corrected chi connectivity index (χ2v) is 8.94. The minimum Gasteiger partial charge on any atom is -0.398 e. The molecule has 1 aromatic rings. The first-order valence-corrected chi connectivity index (χ1v) is 10.4. The van der Waals surface area contributed by atoms with Crippen LogP contribution in [0.2, 0.25) is 0 Å². The van der Waals surface area contributed by atoms with Crippen molar-refractivity contribution in [2.24, 2.45) is 0 Å². The van der Waals surface area contributed by atoms with E-state index < -0.39 is 10.0 Å². The summed E-state index contributed by atoms with van der Waals surface area (Å²) >= 11 is 3.38. The van der Waals surface area contributed by atoms with Gasteiger partial charge >= 0.3 is 0 Å². The first kappa shape index (κ1) is 16.0. The molecular weight excluding hydrogens is 312 g/mol. The topological polar surface area (TPSA) is 72.2 Å². The number of rotatable bonds is 6. The Morgan fingerprint density at radius 2 is 2.00 bits per heavy atom. The van der Waals surface area contributed by atoms with Gasteiger partial charge in [0.1, 0.15) is 0 Å². The van der Waals surface area contributed by atoms with Crippen molar-refractivity contribution in [3.05, 3.63) is 24.3 Å². The van der Waals surface area contributed by atoms with E-state index in [0.29, 0.717) is 11.4 Å². The fraction of sp³-hybridized carbons (Fsp3) is 0.538. The van der Waals surface area contributed by atoms with Crippen LogP contribution in [-0.2, 0) is 10.0 Å². The lowest BCUT2D eigenvalue weighted by Gasteiger charge is -2.22. The molecule has 3 N–H and O–H groups in total. The molecule has 0 bridgehead atoms. The van der Waals surface area contributed by atoms with Crippen LogP contribution in [0.1, 0.15) is 12.8 Å². The molecule has 0 aliphatic carbocycles. The van der Waals surface area contributed by atoms with E-state index in [4.69, 9.17) is 5.73 Å². The average molecular weight is 333 g/mol. The standard InChI is InChI=1S/C13H20N2O2S3/c14-12-3-1-2-4-13(12)19-9-10-20(16,17)15-11-5-7-18-8-6-11/h1-4,11,15H,5-10,14H2. The van der Waals surface area contributed by atoms with Gasteiger partial charge in [-0.2, -0.15) is 11.8 Å². The molecule has 0 amide bonds. The van der Waals surface area contributed by atoms with Crippen LogP contribution in [0.15, 0.2) is 29.2 Å². The van der Waals surface area contributed by atoms with Gasteiger partial charge in [0, 0.05) is 22.4 Å². The Morgan fingerprint density at radius 1 is 1.30 bits per heavy atom. The molecule has 1 heterocycles. The minimum atomic E-state index is -3.19. The van der Waals surface area contributed by atoms with Crippen molar-refractivity contribution in [2.45, 2.75) is 23.8 Å². The molecule has 20 heavy (non-hydrogen) atoms. The van der Waals surface area contributed by atoms with Gasteiger partial charge in [0.25, 0.3) is 0 Å². The molecule has 0 atom stereocenters. The maximum Gasteiger partial charge on any atom is 0.212 e. The Bertz CT molecular complexity index is 528. The van der Waals surface area contributed by atoms with Crippen molar-refractivity contribution < 1.29 is 8.42 Å². The van der Waals surface area contributed by atoms with Crippen molar-refractivity contribution in [1.29, 1.82) is 0 Å². The molecule has 1 aliphatic heterocycles. The van der Waals surface area contributed by atoms with Gasteiger partial charge in [-0.25, -0.2) is 13.1 Å². The number of nitrogen functional groups attached to an aromatic ring is 1. The van der Waals surface area contributed by atoms with Crippen molar-refractivity contribution in [3.63, 3.8) is 0 Å². The average Bonchev–Trinajstić information content (AvgIpc) is 2.41. The number of hydrogen-bond acceptors (Lipinski definition) is 5. The van der Waals surface area contributed by atoms with E-state index in [2.05, 4.69) is 4.72 Å². The van der Waals surface area contributed by atoms with Crippen molar-refractivity contribution in [2.75, 3.05) is 28.7 Å². The minimum absolute atomic E-state index is 0.119. The monoisotopic (exact) mass is 332 g/mol. The van der Waals surface area contributed by atoms with Crippen LogP contribution in [0.3, 0.4) is 0 Å². The maximum atomic E-state index is 12.0. The Balaban J connectivity index is 1.79. The van der Waals surface area contributed by atoms with Gasteiger partial charge in [-0.3, -0.25) is 0 Å². The summed E-state index contributed by atoms with van der Waals surface area (Å²) in [6.07, 6.45) is 1.87. The third kappa shape index (κ3) is 5.20.